The Kier molecular flexibility index (Phi) is 3.31. The Hall–Kier alpha value is -1.76. The Morgan fingerprint density at radius 2 is 1.67 bits per heavy atom. The van der Waals surface area contributed by atoms with Gasteiger partial charge in [-0.1, -0.05) is 42.5 Å². The van der Waals surface area contributed by atoms with Crippen LogP contribution in [0.25, 0.3) is 0 Å². The van der Waals surface area contributed by atoms with Crippen molar-refractivity contribution in [3.8, 4) is 5.75 Å². The number of ether oxygens (including phenoxy) is 1. The Morgan fingerprint density at radius 3 is 2.44 bits per heavy atom. The topological polar surface area (TPSA) is 9.23 Å². The van der Waals surface area contributed by atoms with Crippen LogP contribution in [-0.2, 0) is 13.0 Å². The van der Waals surface area contributed by atoms with Crippen LogP contribution in [0.1, 0.15) is 24.0 Å². The molecule has 18 heavy (non-hydrogen) atoms. The molecule has 0 heterocycles. The van der Waals surface area contributed by atoms with Gasteiger partial charge in [0.15, 0.2) is 0 Å². The van der Waals surface area contributed by atoms with Crippen molar-refractivity contribution in [3.05, 3.63) is 65.7 Å². The molecule has 1 heteroatoms. The molecule has 0 N–H and O–H groups in total. The number of rotatable bonds is 5. The van der Waals surface area contributed by atoms with E-state index in [1.165, 1.54) is 30.4 Å². The van der Waals surface area contributed by atoms with Crippen molar-refractivity contribution in [1.82, 2.24) is 0 Å². The van der Waals surface area contributed by atoms with E-state index in [1.54, 1.807) is 0 Å². The number of hydrogen-bond donors (Lipinski definition) is 0. The summed E-state index contributed by atoms with van der Waals surface area (Å²) >= 11 is 0. The minimum atomic E-state index is 0.647. The molecule has 1 saturated carbocycles. The van der Waals surface area contributed by atoms with Gasteiger partial charge in [0.2, 0.25) is 0 Å². The average molecular weight is 238 g/mol. The van der Waals surface area contributed by atoms with Crippen molar-refractivity contribution < 1.29 is 4.74 Å². The van der Waals surface area contributed by atoms with E-state index in [9.17, 15) is 0 Å². The lowest BCUT2D eigenvalue weighted by Crippen LogP contribution is -1.96. The third kappa shape index (κ3) is 3.13. The van der Waals surface area contributed by atoms with E-state index >= 15 is 0 Å². The molecule has 0 saturated heterocycles. The molecular weight excluding hydrogens is 220 g/mol. The zero-order valence-electron chi connectivity index (χ0n) is 10.5. The lowest BCUT2D eigenvalue weighted by Gasteiger charge is -2.08. The van der Waals surface area contributed by atoms with E-state index < -0.39 is 0 Å². The van der Waals surface area contributed by atoms with Crippen LogP contribution in [0, 0.1) is 5.92 Å². The minimum Gasteiger partial charge on any atom is -0.489 e. The van der Waals surface area contributed by atoms with Gasteiger partial charge in [-0.05, 0) is 48.4 Å². The first-order chi connectivity index (χ1) is 8.90. The van der Waals surface area contributed by atoms with E-state index in [1.807, 2.05) is 24.3 Å². The minimum absolute atomic E-state index is 0.647. The summed E-state index contributed by atoms with van der Waals surface area (Å²) in [4.78, 5) is 0. The van der Waals surface area contributed by atoms with Crippen LogP contribution in [0.5, 0.6) is 5.75 Å². The molecular formula is C17H18O. The highest BCUT2D eigenvalue weighted by Crippen LogP contribution is 2.33. The molecule has 1 fully saturated rings. The maximum absolute atomic E-state index is 5.83. The molecule has 0 atom stereocenters. The van der Waals surface area contributed by atoms with Gasteiger partial charge in [-0.3, -0.25) is 0 Å². The van der Waals surface area contributed by atoms with Gasteiger partial charge in [-0.2, -0.15) is 0 Å². The van der Waals surface area contributed by atoms with Crippen LogP contribution < -0.4 is 4.74 Å². The van der Waals surface area contributed by atoms with E-state index in [4.69, 9.17) is 4.74 Å². The van der Waals surface area contributed by atoms with Crippen molar-refractivity contribution >= 4 is 0 Å². The van der Waals surface area contributed by atoms with Gasteiger partial charge in [0.1, 0.15) is 12.4 Å². The maximum Gasteiger partial charge on any atom is 0.120 e. The van der Waals surface area contributed by atoms with E-state index in [2.05, 4.69) is 30.3 Å². The number of hydrogen-bond acceptors (Lipinski definition) is 1. The lowest BCUT2D eigenvalue weighted by molar-refractivity contribution is 0.306. The third-order valence-electron chi connectivity index (χ3n) is 3.37. The Morgan fingerprint density at radius 1 is 0.889 bits per heavy atom. The summed E-state index contributed by atoms with van der Waals surface area (Å²) in [6.45, 7) is 0.647. The summed E-state index contributed by atoms with van der Waals surface area (Å²) in [6.07, 6.45) is 4.01. The van der Waals surface area contributed by atoms with E-state index in [0.29, 0.717) is 6.61 Å². The van der Waals surface area contributed by atoms with E-state index in [0.717, 1.165) is 11.7 Å². The molecule has 0 radical (unpaired) electrons. The third-order valence-corrected chi connectivity index (χ3v) is 3.37. The fourth-order valence-electron chi connectivity index (χ4n) is 2.16. The normalized spacial score (nSPS) is 14.4. The SMILES string of the molecule is c1ccc(COc2cccc(CC3CC3)c2)cc1. The maximum atomic E-state index is 5.83. The fraction of sp³-hybridized carbons (Fsp3) is 0.294. The standard InChI is InChI=1S/C17H18O/c1-2-5-15(6-3-1)13-18-17-8-4-7-16(12-17)11-14-9-10-14/h1-8,12,14H,9-11,13H2. The fourth-order valence-corrected chi connectivity index (χ4v) is 2.16. The molecule has 2 aromatic carbocycles. The Bertz CT molecular complexity index is 500. The second-order valence-corrected chi connectivity index (χ2v) is 5.07. The summed E-state index contributed by atoms with van der Waals surface area (Å²) in [5, 5.41) is 0. The highest BCUT2D eigenvalue weighted by Gasteiger charge is 2.21. The van der Waals surface area contributed by atoms with Gasteiger partial charge in [0, 0.05) is 0 Å². The van der Waals surface area contributed by atoms with Crippen LogP contribution in [-0.4, -0.2) is 0 Å². The predicted octanol–water partition coefficient (Wildman–Crippen LogP) is 4.22. The first-order valence-corrected chi connectivity index (χ1v) is 6.66. The summed E-state index contributed by atoms with van der Waals surface area (Å²) in [5.41, 5.74) is 2.62. The quantitative estimate of drug-likeness (QED) is 0.758. The second-order valence-electron chi connectivity index (χ2n) is 5.07. The Labute approximate surface area is 108 Å². The van der Waals surface area contributed by atoms with Gasteiger partial charge in [0.05, 0.1) is 0 Å². The highest BCUT2D eigenvalue weighted by atomic mass is 16.5. The van der Waals surface area contributed by atoms with Gasteiger partial charge < -0.3 is 4.74 Å². The smallest absolute Gasteiger partial charge is 0.120 e. The molecule has 0 unspecified atom stereocenters. The molecule has 0 spiro atoms. The Balaban J connectivity index is 1.61. The van der Waals surface area contributed by atoms with E-state index in [-0.39, 0.29) is 0 Å². The molecule has 0 aliphatic heterocycles. The average Bonchev–Trinajstić information content (AvgIpc) is 3.22. The van der Waals surface area contributed by atoms with Gasteiger partial charge in [-0.15, -0.1) is 0 Å². The predicted molar refractivity (Wildman–Crippen MR) is 73.6 cm³/mol. The number of benzene rings is 2. The van der Waals surface area contributed by atoms with Crippen molar-refractivity contribution in [2.24, 2.45) is 5.92 Å². The molecule has 0 bridgehead atoms. The first kappa shape index (κ1) is 11.3. The highest BCUT2D eigenvalue weighted by molar-refractivity contribution is 5.29. The second kappa shape index (κ2) is 5.26. The van der Waals surface area contributed by atoms with Gasteiger partial charge >= 0.3 is 0 Å². The zero-order valence-corrected chi connectivity index (χ0v) is 10.5. The van der Waals surface area contributed by atoms with Crippen LogP contribution >= 0.6 is 0 Å². The van der Waals surface area contributed by atoms with Crippen molar-refractivity contribution in [3.63, 3.8) is 0 Å². The van der Waals surface area contributed by atoms with Crippen LogP contribution in [0.4, 0.5) is 0 Å². The summed E-state index contributed by atoms with van der Waals surface area (Å²) in [7, 11) is 0. The van der Waals surface area contributed by atoms with Crippen LogP contribution in [0.3, 0.4) is 0 Å². The molecule has 92 valence electrons. The van der Waals surface area contributed by atoms with Crippen LogP contribution in [0.2, 0.25) is 0 Å². The van der Waals surface area contributed by atoms with Crippen molar-refractivity contribution in [2.75, 3.05) is 0 Å². The van der Waals surface area contributed by atoms with Crippen LogP contribution in [0.15, 0.2) is 54.6 Å². The summed E-state index contributed by atoms with van der Waals surface area (Å²) in [6, 6.07) is 18.8. The molecule has 2 aromatic rings. The summed E-state index contributed by atoms with van der Waals surface area (Å²) in [5.74, 6) is 1.91. The largest absolute Gasteiger partial charge is 0.489 e. The zero-order chi connectivity index (χ0) is 12.2. The van der Waals surface area contributed by atoms with Crippen molar-refractivity contribution in [2.45, 2.75) is 25.9 Å². The molecule has 0 amide bonds. The molecule has 1 aliphatic carbocycles. The lowest BCUT2D eigenvalue weighted by atomic mass is 10.1. The van der Waals surface area contributed by atoms with Gasteiger partial charge in [-0.25, -0.2) is 0 Å². The molecule has 1 nitrogen and oxygen atoms in total. The monoisotopic (exact) mass is 238 g/mol. The molecule has 1 aliphatic rings. The van der Waals surface area contributed by atoms with Crippen molar-refractivity contribution in [1.29, 1.82) is 0 Å². The molecule has 3 rings (SSSR count). The first-order valence-electron chi connectivity index (χ1n) is 6.66. The molecule has 0 aromatic heterocycles. The van der Waals surface area contributed by atoms with Gasteiger partial charge in [0.25, 0.3) is 0 Å². The summed E-state index contributed by atoms with van der Waals surface area (Å²) < 4.78 is 5.83.